The number of ether oxygens (including phenoxy) is 1. The molecule has 0 radical (unpaired) electrons. The molecule has 138 valence electrons. The Morgan fingerprint density at radius 2 is 2.16 bits per heavy atom. The molecule has 1 aromatic heterocycles. The minimum atomic E-state index is -0.766. The average Bonchev–Trinajstić information content (AvgIpc) is 2.55. The number of nitrogens with zero attached hydrogens (tertiary/aromatic N) is 1. The first-order valence-corrected chi connectivity index (χ1v) is 9.07. The Hall–Kier alpha value is -1.44. The Bertz CT molecular complexity index is 650. The SMILES string of the molecule is CCOC(=O)/C(=C\N[C@H](CO)CC(C)C)C(=O)c1cc(Br)cnc1Cl. The van der Waals surface area contributed by atoms with Gasteiger partial charge < -0.3 is 15.2 Å². The van der Waals surface area contributed by atoms with Crippen LogP contribution in [-0.4, -0.2) is 41.1 Å². The Morgan fingerprint density at radius 1 is 1.48 bits per heavy atom. The smallest absolute Gasteiger partial charge is 0.343 e. The van der Waals surface area contributed by atoms with Crippen molar-refractivity contribution in [1.29, 1.82) is 0 Å². The molecule has 1 heterocycles. The van der Waals surface area contributed by atoms with Crippen molar-refractivity contribution in [3.05, 3.63) is 39.2 Å². The quantitative estimate of drug-likeness (QED) is 0.155. The second-order valence-corrected chi connectivity index (χ2v) is 7.05. The van der Waals surface area contributed by atoms with Gasteiger partial charge in [-0.25, -0.2) is 9.78 Å². The minimum absolute atomic E-state index is 0.00992. The predicted molar refractivity (Wildman–Crippen MR) is 99.5 cm³/mol. The number of carbonyl (C=O) groups excluding carboxylic acids is 2. The van der Waals surface area contributed by atoms with Crippen LogP contribution in [0.5, 0.6) is 0 Å². The minimum Gasteiger partial charge on any atom is -0.462 e. The number of hydrogen-bond acceptors (Lipinski definition) is 6. The van der Waals surface area contributed by atoms with E-state index in [4.69, 9.17) is 16.3 Å². The number of Topliss-reactive ketones (excluding diaryl/α,β-unsaturated/α-hetero) is 1. The summed E-state index contributed by atoms with van der Waals surface area (Å²) in [5, 5.41) is 12.3. The number of ketones is 1. The third kappa shape index (κ3) is 6.76. The van der Waals surface area contributed by atoms with Gasteiger partial charge in [-0.1, -0.05) is 25.4 Å². The van der Waals surface area contributed by atoms with Crippen LogP contribution >= 0.6 is 27.5 Å². The van der Waals surface area contributed by atoms with E-state index in [1.807, 2.05) is 13.8 Å². The van der Waals surface area contributed by atoms with Crippen LogP contribution < -0.4 is 5.32 Å². The summed E-state index contributed by atoms with van der Waals surface area (Å²) in [6.07, 6.45) is 3.41. The van der Waals surface area contributed by atoms with Gasteiger partial charge in [-0.15, -0.1) is 0 Å². The molecule has 0 spiro atoms. The maximum absolute atomic E-state index is 12.7. The van der Waals surface area contributed by atoms with E-state index in [2.05, 4.69) is 26.2 Å². The van der Waals surface area contributed by atoms with E-state index in [-0.39, 0.29) is 35.5 Å². The molecule has 0 aliphatic carbocycles. The monoisotopic (exact) mass is 432 g/mol. The molecule has 1 aromatic rings. The van der Waals surface area contributed by atoms with Crippen molar-refractivity contribution in [2.24, 2.45) is 5.92 Å². The maximum Gasteiger partial charge on any atom is 0.343 e. The zero-order valence-corrected chi connectivity index (χ0v) is 16.7. The van der Waals surface area contributed by atoms with Gasteiger partial charge in [0.2, 0.25) is 5.78 Å². The fraction of sp³-hybridized carbons (Fsp3) is 0.471. The van der Waals surface area contributed by atoms with Crippen LogP contribution in [0, 0.1) is 5.92 Å². The van der Waals surface area contributed by atoms with Crippen molar-refractivity contribution in [3.8, 4) is 0 Å². The van der Waals surface area contributed by atoms with Gasteiger partial charge in [0.15, 0.2) is 0 Å². The molecule has 0 aliphatic heterocycles. The molecule has 0 saturated carbocycles. The largest absolute Gasteiger partial charge is 0.462 e. The van der Waals surface area contributed by atoms with E-state index >= 15 is 0 Å². The molecule has 0 bridgehead atoms. The van der Waals surface area contributed by atoms with E-state index in [1.54, 1.807) is 6.92 Å². The molecule has 0 amide bonds. The highest BCUT2D eigenvalue weighted by molar-refractivity contribution is 9.10. The summed E-state index contributed by atoms with van der Waals surface area (Å²) >= 11 is 9.21. The number of esters is 1. The standard InChI is InChI=1S/C17H22BrClN2O4/c1-4-25-17(24)14(8-20-12(9-22)5-10(2)3)15(23)13-6-11(18)7-21-16(13)19/h6-8,10,12,20,22H,4-5,9H2,1-3H3/b14-8-/t12-/m0/s1. The lowest BCUT2D eigenvalue weighted by Gasteiger charge is -2.17. The van der Waals surface area contributed by atoms with E-state index in [1.165, 1.54) is 18.5 Å². The molecule has 1 rings (SSSR count). The number of nitrogens with one attached hydrogen (secondary N) is 1. The van der Waals surface area contributed by atoms with Crippen LogP contribution in [0.3, 0.4) is 0 Å². The first kappa shape index (κ1) is 21.6. The zero-order valence-electron chi connectivity index (χ0n) is 14.4. The topological polar surface area (TPSA) is 88.5 Å². The van der Waals surface area contributed by atoms with Gasteiger partial charge in [-0.3, -0.25) is 4.79 Å². The van der Waals surface area contributed by atoms with Crippen LogP contribution in [-0.2, 0) is 9.53 Å². The number of pyridine rings is 1. The molecule has 0 fully saturated rings. The van der Waals surface area contributed by atoms with Gasteiger partial charge in [-0.2, -0.15) is 0 Å². The summed E-state index contributed by atoms with van der Waals surface area (Å²) in [5.41, 5.74) is -0.118. The maximum atomic E-state index is 12.7. The molecule has 6 nitrogen and oxygen atoms in total. The van der Waals surface area contributed by atoms with Crippen LogP contribution in [0.4, 0.5) is 0 Å². The van der Waals surface area contributed by atoms with Gasteiger partial charge in [0, 0.05) is 22.9 Å². The second-order valence-electron chi connectivity index (χ2n) is 5.78. The molecule has 0 aliphatic rings. The number of hydrogen-bond donors (Lipinski definition) is 2. The third-order valence-corrected chi connectivity index (χ3v) is 3.96. The summed E-state index contributed by atoms with van der Waals surface area (Å²) in [4.78, 5) is 28.8. The van der Waals surface area contributed by atoms with E-state index in [0.29, 0.717) is 16.8 Å². The van der Waals surface area contributed by atoms with Crippen LogP contribution in [0.15, 0.2) is 28.5 Å². The second kappa shape index (κ2) is 10.5. The van der Waals surface area contributed by atoms with Gasteiger partial charge in [0.1, 0.15) is 10.7 Å². The fourth-order valence-corrected chi connectivity index (χ4v) is 2.64. The Kier molecular flexibility index (Phi) is 9.10. The normalized spacial score (nSPS) is 12.8. The van der Waals surface area contributed by atoms with Gasteiger partial charge >= 0.3 is 5.97 Å². The van der Waals surface area contributed by atoms with Gasteiger partial charge in [0.05, 0.1) is 18.8 Å². The van der Waals surface area contributed by atoms with E-state index in [0.717, 1.165) is 0 Å². The van der Waals surface area contributed by atoms with Crippen molar-refractivity contribution in [3.63, 3.8) is 0 Å². The number of halogens is 2. The molecule has 1 atom stereocenters. The van der Waals surface area contributed by atoms with Crippen molar-refractivity contribution >= 4 is 39.3 Å². The fourth-order valence-electron chi connectivity index (χ4n) is 2.12. The summed E-state index contributed by atoms with van der Waals surface area (Å²) in [6.45, 7) is 5.68. The number of aliphatic hydroxyl groups is 1. The highest BCUT2D eigenvalue weighted by Crippen LogP contribution is 2.21. The molecule has 8 heteroatoms. The first-order chi connectivity index (χ1) is 11.8. The van der Waals surface area contributed by atoms with Crippen molar-refractivity contribution < 1.29 is 19.4 Å². The number of aromatic nitrogens is 1. The van der Waals surface area contributed by atoms with Crippen LogP contribution in [0.25, 0.3) is 0 Å². The number of aliphatic hydroxyl groups excluding tert-OH is 1. The van der Waals surface area contributed by atoms with Crippen molar-refractivity contribution in [1.82, 2.24) is 10.3 Å². The Labute approximate surface area is 160 Å². The van der Waals surface area contributed by atoms with Gasteiger partial charge in [0.25, 0.3) is 0 Å². The van der Waals surface area contributed by atoms with E-state index < -0.39 is 11.8 Å². The lowest BCUT2D eigenvalue weighted by atomic mass is 10.0. The lowest BCUT2D eigenvalue weighted by molar-refractivity contribution is -0.138. The number of carbonyl (C=O) groups is 2. The van der Waals surface area contributed by atoms with Crippen LogP contribution in [0.1, 0.15) is 37.6 Å². The molecule has 0 aromatic carbocycles. The summed E-state index contributed by atoms with van der Waals surface area (Å²) in [5.74, 6) is -1.04. The third-order valence-electron chi connectivity index (χ3n) is 3.23. The molecule has 2 N–H and O–H groups in total. The Morgan fingerprint density at radius 3 is 2.72 bits per heavy atom. The predicted octanol–water partition coefficient (Wildman–Crippen LogP) is 3.12. The zero-order chi connectivity index (χ0) is 19.0. The van der Waals surface area contributed by atoms with E-state index in [9.17, 15) is 14.7 Å². The molecule has 0 unspecified atom stereocenters. The van der Waals surface area contributed by atoms with Crippen molar-refractivity contribution in [2.45, 2.75) is 33.2 Å². The molecule has 25 heavy (non-hydrogen) atoms. The summed E-state index contributed by atoms with van der Waals surface area (Å²) < 4.78 is 5.52. The average molecular weight is 434 g/mol. The van der Waals surface area contributed by atoms with Gasteiger partial charge in [-0.05, 0) is 41.3 Å². The molecule has 0 saturated heterocycles. The Balaban J connectivity index is 3.15. The van der Waals surface area contributed by atoms with Crippen molar-refractivity contribution in [2.75, 3.05) is 13.2 Å². The highest BCUT2D eigenvalue weighted by Gasteiger charge is 2.24. The lowest BCUT2D eigenvalue weighted by Crippen LogP contribution is -2.31. The molecular weight excluding hydrogens is 412 g/mol. The number of rotatable bonds is 9. The molecular formula is C17H22BrClN2O4. The highest BCUT2D eigenvalue weighted by atomic mass is 79.9. The van der Waals surface area contributed by atoms with Crippen LogP contribution in [0.2, 0.25) is 5.15 Å². The summed E-state index contributed by atoms with van der Waals surface area (Å²) in [6, 6.07) is 1.20. The first-order valence-electron chi connectivity index (χ1n) is 7.90. The summed E-state index contributed by atoms with van der Waals surface area (Å²) in [7, 11) is 0.